The molecule has 1 fully saturated rings. The Hall–Kier alpha value is -1.40. The average molecular weight is 407 g/mol. The van der Waals surface area contributed by atoms with Crippen LogP contribution in [-0.4, -0.2) is 46.3 Å². The normalized spacial score (nSPS) is 23.1. The van der Waals surface area contributed by atoms with Gasteiger partial charge < -0.3 is 16.0 Å². The Bertz CT molecular complexity index is 647. The van der Waals surface area contributed by atoms with Gasteiger partial charge in [-0.2, -0.15) is 0 Å². The summed E-state index contributed by atoms with van der Waals surface area (Å²) in [5.74, 6) is 1.58. The van der Waals surface area contributed by atoms with Crippen LogP contribution >= 0.6 is 0 Å². The lowest BCUT2D eigenvalue weighted by Crippen LogP contribution is -2.54. The molecule has 0 aliphatic heterocycles. The molecule has 2 rings (SSSR count). The van der Waals surface area contributed by atoms with Crippen LogP contribution in [-0.2, 0) is 10.8 Å². The fourth-order valence-electron chi connectivity index (χ4n) is 3.91. The minimum atomic E-state index is -0.704. The first-order chi connectivity index (χ1) is 13.3. The van der Waals surface area contributed by atoms with Gasteiger partial charge in [0, 0.05) is 53.0 Å². The average Bonchev–Trinajstić information content (AvgIpc) is 2.71. The molecule has 3 N–H and O–H groups in total. The first kappa shape index (κ1) is 22.9. The van der Waals surface area contributed by atoms with Crippen LogP contribution in [0.2, 0.25) is 0 Å². The summed E-state index contributed by atoms with van der Waals surface area (Å²) < 4.78 is 12.2. The van der Waals surface area contributed by atoms with E-state index in [9.17, 15) is 4.21 Å². The second-order valence-corrected chi connectivity index (χ2v) is 10.4. The fourth-order valence-corrected chi connectivity index (χ4v) is 5.25. The third-order valence-electron chi connectivity index (χ3n) is 5.45. The summed E-state index contributed by atoms with van der Waals surface area (Å²) in [6, 6.07) is 11.1. The van der Waals surface area contributed by atoms with Gasteiger partial charge >= 0.3 is 0 Å². The van der Waals surface area contributed by atoms with Gasteiger partial charge in [0.2, 0.25) is 0 Å². The first-order valence-electron chi connectivity index (χ1n) is 10.5. The van der Waals surface area contributed by atoms with Gasteiger partial charge in [0.1, 0.15) is 0 Å². The molecule has 1 aromatic rings. The Labute approximate surface area is 173 Å². The van der Waals surface area contributed by atoms with E-state index in [0.717, 1.165) is 43.9 Å². The zero-order chi connectivity index (χ0) is 20.6. The molecular formula is C22H38N4OS. The van der Waals surface area contributed by atoms with Crippen molar-refractivity contribution in [2.75, 3.05) is 19.3 Å². The topological polar surface area (TPSA) is 65.5 Å². The minimum Gasteiger partial charge on any atom is -0.355 e. The van der Waals surface area contributed by atoms with Gasteiger partial charge in [-0.05, 0) is 45.6 Å². The zero-order valence-corrected chi connectivity index (χ0v) is 18.9. The van der Waals surface area contributed by atoms with Crippen molar-refractivity contribution in [3.8, 4) is 0 Å². The summed E-state index contributed by atoms with van der Waals surface area (Å²) in [7, 11) is 1.11. The molecule has 5 nitrogen and oxygen atoms in total. The lowest BCUT2D eigenvalue weighted by atomic mass is 9.95. The Morgan fingerprint density at radius 2 is 2.00 bits per heavy atom. The Balaban J connectivity index is 1.84. The van der Waals surface area contributed by atoms with Crippen LogP contribution in [0.1, 0.15) is 65.0 Å². The van der Waals surface area contributed by atoms with Crippen molar-refractivity contribution < 1.29 is 4.21 Å². The van der Waals surface area contributed by atoms with E-state index in [2.05, 4.69) is 66.0 Å². The molecule has 28 heavy (non-hydrogen) atoms. The van der Waals surface area contributed by atoms with Crippen molar-refractivity contribution >= 4 is 16.8 Å². The third kappa shape index (κ3) is 7.21. The van der Waals surface area contributed by atoms with Gasteiger partial charge in [0.25, 0.3) is 0 Å². The standard InChI is InChI=1S/C22H38N4OS/c1-6-28(27)20-14-10-13-19(15-20)25-21(23-5)24-16-22(3,4)26-17(2)18-11-8-7-9-12-18/h7-9,11-12,17,19-20,26H,6,10,13-16H2,1-5H3,(H2,23,24,25). The highest BCUT2D eigenvalue weighted by Crippen LogP contribution is 2.23. The van der Waals surface area contributed by atoms with Gasteiger partial charge in [-0.15, -0.1) is 0 Å². The van der Waals surface area contributed by atoms with Crippen molar-refractivity contribution in [3.05, 3.63) is 35.9 Å². The second kappa shape index (κ2) is 11.0. The molecule has 1 aliphatic rings. The molecule has 0 heterocycles. The number of hydrogen-bond acceptors (Lipinski definition) is 3. The van der Waals surface area contributed by atoms with E-state index in [4.69, 9.17) is 0 Å². The highest BCUT2D eigenvalue weighted by Gasteiger charge is 2.27. The van der Waals surface area contributed by atoms with Gasteiger partial charge in [-0.25, -0.2) is 0 Å². The Morgan fingerprint density at radius 1 is 1.29 bits per heavy atom. The zero-order valence-electron chi connectivity index (χ0n) is 18.1. The molecular weight excluding hydrogens is 368 g/mol. The van der Waals surface area contributed by atoms with E-state index in [-0.39, 0.29) is 11.6 Å². The molecule has 1 aromatic carbocycles. The number of nitrogens with zero attached hydrogens (tertiary/aromatic N) is 1. The minimum absolute atomic E-state index is 0.0916. The monoisotopic (exact) mass is 406 g/mol. The lowest BCUT2D eigenvalue weighted by molar-refractivity contribution is 0.342. The summed E-state index contributed by atoms with van der Waals surface area (Å²) in [5.41, 5.74) is 1.20. The number of benzene rings is 1. The Kier molecular flexibility index (Phi) is 8.96. The summed E-state index contributed by atoms with van der Waals surface area (Å²) >= 11 is 0. The molecule has 0 radical (unpaired) electrons. The first-order valence-corrected chi connectivity index (χ1v) is 11.9. The maximum atomic E-state index is 12.2. The van der Waals surface area contributed by atoms with Gasteiger partial charge in [0.15, 0.2) is 5.96 Å². The molecule has 6 heteroatoms. The van der Waals surface area contributed by atoms with Crippen molar-refractivity contribution in [2.24, 2.45) is 4.99 Å². The molecule has 0 bridgehead atoms. The quantitative estimate of drug-likeness (QED) is 0.457. The van der Waals surface area contributed by atoms with E-state index in [1.165, 1.54) is 5.56 Å². The van der Waals surface area contributed by atoms with Crippen molar-refractivity contribution in [1.29, 1.82) is 0 Å². The maximum Gasteiger partial charge on any atom is 0.191 e. The summed E-state index contributed by atoms with van der Waals surface area (Å²) in [5, 5.41) is 11.0. The molecule has 0 amide bonds. The summed E-state index contributed by atoms with van der Waals surface area (Å²) in [6.45, 7) is 9.38. The van der Waals surface area contributed by atoms with Crippen LogP contribution in [0, 0.1) is 0 Å². The highest BCUT2D eigenvalue weighted by atomic mass is 32.2. The molecule has 0 spiro atoms. The Morgan fingerprint density at radius 3 is 2.64 bits per heavy atom. The number of guanidine groups is 1. The summed E-state index contributed by atoms with van der Waals surface area (Å²) in [6.07, 6.45) is 4.30. The predicted molar refractivity (Wildman–Crippen MR) is 121 cm³/mol. The van der Waals surface area contributed by atoms with Gasteiger partial charge in [-0.3, -0.25) is 9.20 Å². The molecule has 1 saturated carbocycles. The van der Waals surface area contributed by atoms with Gasteiger partial charge in [-0.1, -0.05) is 43.7 Å². The molecule has 158 valence electrons. The van der Waals surface area contributed by atoms with Gasteiger partial charge in [0.05, 0.1) is 0 Å². The predicted octanol–water partition coefficient (Wildman–Crippen LogP) is 3.36. The van der Waals surface area contributed by atoms with Crippen LogP contribution in [0.25, 0.3) is 0 Å². The maximum absolute atomic E-state index is 12.2. The van der Waals surface area contributed by atoms with Crippen molar-refractivity contribution in [3.63, 3.8) is 0 Å². The van der Waals surface area contributed by atoms with Crippen molar-refractivity contribution in [2.45, 2.75) is 76.3 Å². The van der Waals surface area contributed by atoms with E-state index in [1.54, 1.807) is 0 Å². The molecule has 4 atom stereocenters. The second-order valence-electron chi connectivity index (χ2n) is 8.39. The molecule has 0 aromatic heterocycles. The van der Waals surface area contributed by atoms with E-state index < -0.39 is 10.8 Å². The fraction of sp³-hybridized carbons (Fsp3) is 0.682. The SMILES string of the molecule is CCS(=O)C1CCCC(NC(=NC)NCC(C)(C)NC(C)c2ccccc2)C1. The number of rotatable bonds is 8. The van der Waals surface area contributed by atoms with Crippen LogP contribution in [0.3, 0.4) is 0 Å². The van der Waals surface area contributed by atoms with Crippen LogP contribution in [0.15, 0.2) is 35.3 Å². The van der Waals surface area contributed by atoms with E-state index >= 15 is 0 Å². The number of aliphatic imine (C=N–C) groups is 1. The number of hydrogen-bond donors (Lipinski definition) is 3. The summed E-state index contributed by atoms with van der Waals surface area (Å²) in [4.78, 5) is 4.40. The van der Waals surface area contributed by atoms with E-state index in [0.29, 0.717) is 11.3 Å². The molecule has 1 aliphatic carbocycles. The van der Waals surface area contributed by atoms with Crippen LogP contribution < -0.4 is 16.0 Å². The smallest absolute Gasteiger partial charge is 0.191 e. The molecule has 4 unspecified atom stereocenters. The largest absolute Gasteiger partial charge is 0.355 e. The van der Waals surface area contributed by atoms with E-state index in [1.807, 2.05) is 20.0 Å². The lowest BCUT2D eigenvalue weighted by Gasteiger charge is -2.33. The van der Waals surface area contributed by atoms with Crippen molar-refractivity contribution in [1.82, 2.24) is 16.0 Å². The van der Waals surface area contributed by atoms with Crippen LogP contribution in [0.5, 0.6) is 0 Å². The highest BCUT2D eigenvalue weighted by molar-refractivity contribution is 7.85. The van der Waals surface area contributed by atoms with Crippen LogP contribution in [0.4, 0.5) is 0 Å². The number of nitrogens with one attached hydrogen (secondary N) is 3. The molecule has 0 saturated heterocycles. The third-order valence-corrected chi connectivity index (χ3v) is 7.19.